The largest absolute Gasteiger partial charge is 0.325 e. The van der Waals surface area contributed by atoms with Crippen LogP contribution in [0.2, 0.25) is 0 Å². The number of nitrogens with zero attached hydrogens (tertiary/aromatic N) is 3. The number of rotatable bonds is 5. The SMILES string of the molecule is Cc1cc([N+](=O)[O-])ccc1NC(=O)CN1CCNCC1c1cccnc1. The summed E-state index contributed by atoms with van der Waals surface area (Å²) < 4.78 is 0. The lowest BCUT2D eigenvalue weighted by atomic mass is 10.1. The number of benzene rings is 1. The number of non-ortho nitro benzene ring substituents is 1. The van der Waals surface area contributed by atoms with Crippen molar-refractivity contribution < 1.29 is 9.72 Å². The molecule has 8 nitrogen and oxygen atoms in total. The van der Waals surface area contributed by atoms with Crippen molar-refractivity contribution in [2.75, 3.05) is 31.5 Å². The lowest BCUT2D eigenvalue weighted by Crippen LogP contribution is -2.48. The lowest BCUT2D eigenvalue weighted by molar-refractivity contribution is -0.384. The summed E-state index contributed by atoms with van der Waals surface area (Å²) in [6.45, 7) is 4.33. The molecule has 0 saturated carbocycles. The van der Waals surface area contributed by atoms with Crippen LogP contribution in [0.3, 0.4) is 0 Å². The number of carbonyl (C=O) groups excluding carboxylic acids is 1. The Kier molecular flexibility index (Phi) is 5.55. The first-order valence-electron chi connectivity index (χ1n) is 8.44. The maximum absolute atomic E-state index is 12.5. The number of anilines is 1. The van der Waals surface area contributed by atoms with Crippen molar-refractivity contribution in [3.05, 3.63) is 64.0 Å². The van der Waals surface area contributed by atoms with Gasteiger partial charge in [-0.2, -0.15) is 0 Å². The zero-order chi connectivity index (χ0) is 18.5. The molecule has 3 rings (SSSR count). The average molecular weight is 355 g/mol. The van der Waals surface area contributed by atoms with E-state index in [1.54, 1.807) is 19.2 Å². The van der Waals surface area contributed by atoms with Crippen LogP contribution in [0.5, 0.6) is 0 Å². The number of aryl methyl sites for hydroxylation is 1. The van der Waals surface area contributed by atoms with E-state index >= 15 is 0 Å². The zero-order valence-electron chi connectivity index (χ0n) is 14.5. The van der Waals surface area contributed by atoms with Crippen LogP contribution in [-0.2, 0) is 4.79 Å². The normalized spacial score (nSPS) is 17.7. The van der Waals surface area contributed by atoms with Crippen LogP contribution in [0, 0.1) is 17.0 Å². The van der Waals surface area contributed by atoms with E-state index in [1.165, 1.54) is 12.1 Å². The number of hydrogen-bond donors (Lipinski definition) is 2. The minimum atomic E-state index is -0.447. The second kappa shape index (κ2) is 8.03. The van der Waals surface area contributed by atoms with Gasteiger partial charge in [0.05, 0.1) is 11.5 Å². The van der Waals surface area contributed by atoms with Crippen molar-refractivity contribution in [2.24, 2.45) is 0 Å². The van der Waals surface area contributed by atoms with E-state index in [4.69, 9.17) is 0 Å². The van der Waals surface area contributed by atoms with Crippen LogP contribution in [0.15, 0.2) is 42.7 Å². The van der Waals surface area contributed by atoms with Gasteiger partial charge >= 0.3 is 0 Å². The van der Waals surface area contributed by atoms with E-state index in [1.807, 2.05) is 18.3 Å². The average Bonchev–Trinajstić information content (AvgIpc) is 2.64. The molecule has 1 atom stereocenters. The number of amides is 1. The van der Waals surface area contributed by atoms with Crippen molar-refractivity contribution in [2.45, 2.75) is 13.0 Å². The molecule has 0 bridgehead atoms. The molecule has 1 amide bonds. The van der Waals surface area contributed by atoms with Gasteiger partial charge in [0.2, 0.25) is 5.91 Å². The number of piperazine rings is 1. The van der Waals surface area contributed by atoms with E-state index < -0.39 is 4.92 Å². The molecule has 1 fully saturated rings. The smallest absolute Gasteiger partial charge is 0.269 e. The molecule has 1 aliphatic rings. The molecule has 1 aromatic carbocycles. The van der Waals surface area contributed by atoms with Crippen LogP contribution in [0.4, 0.5) is 11.4 Å². The molecule has 1 aromatic heterocycles. The standard InChI is InChI=1S/C18H21N5O3/c1-13-9-15(23(25)26)4-5-16(13)21-18(24)12-22-8-7-20-11-17(22)14-3-2-6-19-10-14/h2-6,9-10,17,20H,7-8,11-12H2,1H3,(H,21,24). The van der Waals surface area contributed by atoms with E-state index in [2.05, 4.69) is 20.5 Å². The van der Waals surface area contributed by atoms with Gasteiger partial charge in [-0.1, -0.05) is 6.07 Å². The fourth-order valence-corrected chi connectivity index (χ4v) is 3.11. The predicted molar refractivity (Wildman–Crippen MR) is 97.9 cm³/mol. The number of carbonyl (C=O) groups is 1. The summed E-state index contributed by atoms with van der Waals surface area (Å²) in [6, 6.07) is 8.41. The second-order valence-electron chi connectivity index (χ2n) is 6.28. The van der Waals surface area contributed by atoms with Gasteiger partial charge in [-0.3, -0.25) is 24.8 Å². The first-order chi connectivity index (χ1) is 12.5. The fourth-order valence-electron chi connectivity index (χ4n) is 3.11. The number of nitrogens with one attached hydrogen (secondary N) is 2. The molecule has 136 valence electrons. The summed E-state index contributed by atoms with van der Waals surface area (Å²) in [5.74, 6) is -0.141. The van der Waals surface area contributed by atoms with Crippen LogP contribution in [0.25, 0.3) is 0 Å². The summed E-state index contributed by atoms with van der Waals surface area (Å²) in [6.07, 6.45) is 3.55. The third-order valence-electron chi connectivity index (χ3n) is 4.47. The highest BCUT2D eigenvalue weighted by Gasteiger charge is 2.25. The van der Waals surface area contributed by atoms with Gasteiger partial charge in [-0.05, 0) is 30.2 Å². The fraction of sp³-hybridized carbons (Fsp3) is 0.333. The Morgan fingerprint density at radius 2 is 2.31 bits per heavy atom. The number of aromatic nitrogens is 1. The van der Waals surface area contributed by atoms with Crippen LogP contribution >= 0.6 is 0 Å². The Hall–Kier alpha value is -2.84. The number of nitro benzene ring substituents is 1. The van der Waals surface area contributed by atoms with Gasteiger partial charge in [-0.25, -0.2) is 0 Å². The Bertz CT molecular complexity index is 797. The summed E-state index contributed by atoms with van der Waals surface area (Å²) in [7, 11) is 0. The van der Waals surface area contributed by atoms with E-state index in [0.717, 1.165) is 25.2 Å². The molecular formula is C18H21N5O3. The first-order valence-corrected chi connectivity index (χ1v) is 8.44. The van der Waals surface area contributed by atoms with Gasteiger partial charge in [0.15, 0.2) is 0 Å². The van der Waals surface area contributed by atoms with Crippen LogP contribution in [0.1, 0.15) is 17.2 Å². The second-order valence-corrected chi connectivity index (χ2v) is 6.28. The van der Waals surface area contributed by atoms with Crippen molar-refractivity contribution in [1.82, 2.24) is 15.2 Å². The molecule has 1 unspecified atom stereocenters. The molecule has 2 heterocycles. The van der Waals surface area contributed by atoms with Gasteiger partial charge < -0.3 is 10.6 Å². The number of nitro groups is 1. The number of hydrogen-bond acceptors (Lipinski definition) is 6. The Labute approximate surface area is 151 Å². The summed E-state index contributed by atoms with van der Waals surface area (Å²) >= 11 is 0. The van der Waals surface area contributed by atoms with Crippen LogP contribution in [-0.4, -0.2) is 46.9 Å². The van der Waals surface area contributed by atoms with Gasteiger partial charge in [0.1, 0.15) is 0 Å². The molecule has 2 N–H and O–H groups in total. The molecule has 26 heavy (non-hydrogen) atoms. The van der Waals surface area contributed by atoms with Crippen LogP contribution < -0.4 is 10.6 Å². The van der Waals surface area contributed by atoms with Gasteiger partial charge in [0.25, 0.3) is 5.69 Å². The van der Waals surface area contributed by atoms with E-state index in [-0.39, 0.29) is 24.2 Å². The Morgan fingerprint density at radius 1 is 1.46 bits per heavy atom. The quantitative estimate of drug-likeness (QED) is 0.627. The molecule has 1 aliphatic heterocycles. The minimum Gasteiger partial charge on any atom is -0.325 e. The molecule has 1 saturated heterocycles. The zero-order valence-corrected chi connectivity index (χ0v) is 14.5. The monoisotopic (exact) mass is 355 g/mol. The Morgan fingerprint density at radius 3 is 3.00 bits per heavy atom. The highest BCUT2D eigenvalue weighted by molar-refractivity contribution is 5.93. The summed E-state index contributed by atoms with van der Waals surface area (Å²) in [5.41, 5.74) is 2.34. The maximum Gasteiger partial charge on any atom is 0.269 e. The van der Waals surface area contributed by atoms with Gasteiger partial charge in [-0.15, -0.1) is 0 Å². The third-order valence-corrected chi connectivity index (χ3v) is 4.47. The summed E-state index contributed by atoms with van der Waals surface area (Å²) in [4.78, 5) is 29.2. The maximum atomic E-state index is 12.5. The number of pyridine rings is 1. The van der Waals surface area contributed by atoms with Crippen molar-refractivity contribution >= 4 is 17.3 Å². The van der Waals surface area contributed by atoms with E-state index in [9.17, 15) is 14.9 Å². The Balaban J connectivity index is 1.67. The summed E-state index contributed by atoms with van der Waals surface area (Å²) in [5, 5.41) is 17.0. The highest BCUT2D eigenvalue weighted by atomic mass is 16.6. The van der Waals surface area contributed by atoms with Gasteiger partial charge in [0, 0.05) is 55.9 Å². The molecule has 2 aromatic rings. The topological polar surface area (TPSA) is 100 Å². The lowest BCUT2D eigenvalue weighted by Gasteiger charge is -2.35. The molecule has 0 spiro atoms. The molecule has 0 radical (unpaired) electrons. The van der Waals surface area contributed by atoms with E-state index in [0.29, 0.717) is 11.3 Å². The van der Waals surface area contributed by atoms with Crippen molar-refractivity contribution in [3.63, 3.8) is 0 Å². The first kappa shape index (κ1) is 18.0. The third kappa shape index (κ3) is 4.22. The molecular weight excluding hydrogens is 334 g/mol. The van der Waals surface area contributed by atoms with Crippen molar-refractivity contribution in [3.8, 4) is 0 Å². The minimum absolute atomic E-state index is 0.0132. The molecule has 0 aliphatic carbocycles. The highest BCUT2D eigenvalue weighted by Crippen LogP contribution is 2.23. The van der Waals surface area contributed by atoms with Crippen molar-refractivity contribution in [1.29, 1.82) is 0 Å². The molecule has 8 heteroatoms. The predicted octanol–water partition coefficient (Wildman–Crippen LogP) is 1.88.